The molecule has 0 unspecified atom stereocenters. The number of aliphatic imine (C=N–C) groups is 1. The van der Waals surface area contributed by atoms with Crippen LogP contribution in [0.15, 0.2) is 17.1 Å². The molecule has 3 aliphatic rings. The topological polar surface area (TPSA) is 132 Å². The number of ether oxygens (including phenoxy) is 5. The fourth-order valence-electron chi connectivity index (χ4n) is 4.49. The van der Waals surface area contributed by atoms with E-state index in [-0.39, 0.29) is 19.0 Å². The monoisotopic (exact) mass is 370 g/mol. The third kappa shape index (κ3) is 1.71. The second kappa shape index (κ2) is 5.49. The first-order chi connectivity index (χ1) is 13.0. The molecule has 1 saturated carbocycles. The SMILES string of the molecule is COc1cc([C@@H]2[C@@]3(C#N)C4(N=C(N)[C@]23C#N)OCCO4)cc(OC)c1OC. The van der Waals surface area contributed by atoms with Crippen molar-refractivity contribution < 1.29 is 23.7 Å². The van der Waals surface area contributed by atoms with E-state index in [1.807, 2.05) is 0 Å². The lowest BCUT2D eigenvalue weighted by Crippen LogP contribution is -2.38. The second-order valence-electron chi connectivity index (χ2n) is 6.51. The number of methoxy groups -OCH3 is 3. The Morgan fingerprint density at radius 2 is 1.67 bits per heavy atom. The van der Waals surface area contributed by atoms with Crippen molar-refractivity contribution in [1.29, 1.82) is 10.5 Å². The van der Waals surface area contributed by atoms with Gasteiger partial charge in [0.2, 0.25) is 5.75 Å². The summed E-state index contributed by atoms with van der Waals surface area (Å²) in [4.78, 5) is 4.25. The summed E-state index contributed by atoms with van der Waals surface area (Å²) in [7, 11) is 4.49. The van der Waals surface area contributed by atoms with E-state index < -0.39 is 22.7 Å². The summed E-state index contributed by atoms with van der Waals surface area (Å²) in [5, 5.41) is 20.1. The maximum absolute atomic E-state index is 10.1. The minimum absolute atomic E-state index is 0.0344. The van der Waals surface area contributed by atoms with E-state index in [9.17, 15) is 10.5 Å². The first-order valence-corrected chi connectivity index (χ1v) is 8.28. The molecule has 4 rings (SSSR count). The van der Waals surface area contributed by atoms with Crippen molar-refractivity contribution in [3.63, 3.8) is 0 Å². The molecule has 2 fully saturated rings. The molecule has 1 saturated heterocycles. The van der Waals surface area contributed by atoms with Crippen LogP contribution >= 0.6 is 0 Å². The van der Waals surface area contributed by atoms with Crippen LogP contribution in [-0.4, -0.2) is 46.3 Å². The van der Waals surface area contributed by atoms with Crippen molar-refractivity contribution in [3.05, 3.63) is 17.7 Å². The van der Waals surface area contributed by atoms with Gasteiger partial charge in [-0.1, -0.05) is 0 Å². The molecule has 9 heteroatoms. The Balaban J connectivity index is 1.93. The predicted octanol–water partition coefficient (Wildman–Crippen LogP) is 0.901. The lowest BCUT2D eigenvalue weighted by atomic mass is 9.94. The summed E-state index contributed by atoms with van der Waals surface area (Å²) < 4.78 is 27.6. The van der Waals surface area contributed by atoms with Crippen LogP contribution in [0.5, 0.6) is 17.2 Å². The fraction of sp³-hybridized carbons (Fsp3) is 0.500. The van der Waals surface area contributed by atoms with Gasteiger partial charge in [0.15, 0.2) is 16.9 Å². The number of fused-ring (bicyclic) bond motifs is 2. The van der Waals surface area contributed by atoms with Gasteiger partial charge in [0.1, 0.15) is 11.3 Å². The summed E-state index contributed by atoms with van der Waals surface area (Å²) in [5.41, 5.74) is 4.02. The summed E-state index contributed by atoms with van der Waals surface area (Å²) in [6.07, 6.45) is 0. The first kappa shape index (κ1) is 17.4. The first-order valence-electron chi connectivity index (χ1n) is 8.28. The maximum Gasteiger partial charge on any atom is 0.293 e. The normalized spacial score (nSPS) is 32.2. The summed E-state index contributed by atoms with van der Waals surface area (Å²) in [5.74, 6) is -0.924. The van der Waals surface area contributed by atoms with Gasteiger partial charge in [-0.3, -0.25) is 0 Å². The number of nitrogens with two attached hydrogens (primary N) is 1. The van der Waals surface area contributed by atoms with E-state index in [1.54, 1.807) is 12.1 Å². The lowest BCUT2D eigenvalue weighted by Gasteiger charge is -2.26. The number of hydrogen-bond donors (Lipinski definition) is 1. The van der Waals surface area contributed by atoms with Gasteiger partial charge < -0.3 is 29.4 Å². The Hall–Kier alpha value is -3.01. The van der Waals surface area contributed by atoms with Crippen LogP contribution in [0.2, 0.25) is 0 Å². The minimum Gasteiger partial charge on any atom is -0.493 e. The summed E-state index contributed by atoms with van der Waals surface area (Å²) >= 11 is 0. The minimum atomic E-state index is -1.58. The Bertz CT molecular complexity index is 902. The van der Waals surface area contributed by atoms with Gasteiger partial charge in [0, 0.05) is 5.92 Å². The molecule has 3 atom stereocenters. The average molecular weight is 370 g/mol. The zero-order valence-electron chi connectivity index (χ0n) is 15.1. The van der Waals surface area contributed by atoms with E-state index in [0.717, 1.165) is 0 Å². The van der Waals surface area contributed by atoms with Crippen molar-refractivity contribution in [2.24, 2.45) is 21.6 Å². The maximum atomic E-state index is 10.1. The van der Waals surface area contributed by atoms with Crippen molar-refractivity contribution in [1.82, 2.24) is 0 Å². The van der Waals surface area contributed by atoms with Crippen LogP contribution in [0.3, 0.4) is 0 Å². The standard InChI is InChI=1S/C18H18N4O5/c1-23-11-6-10(7-12(24-2)13(11)25-3)14-16(8-19)15(21)22-18(17(14,16)9-20)26-4-5-27-18/h6-7,14H,4-5H2,1-3H3,(H2,21,22)/t14-,16-,17+/m0/s1. The smallest absolute Gasteiger partial charge is 0.293 e. The number of benzene rings is 1. The molecule has 2 heterocycles. The van der Waals surface area contributed by atoms with Crippen LogP contribution in [0.1, 0.15) is 11.5 Å². The number of amidine groups is 1. The van der Waals surface area contributed by atoms with Crippen LogP contribution in [0.4, 0.5) is 0 Å². The molecule has 1 aromatic rings. The number of rotatable bonds is 4. The van der Waals surface area contributed by atoms with Gasteiger partial charge in [-0.2, -0.15) is 10.5 Å². The zero-order chi connectivity index (χ0) is 19.4. The largest absolute Gasteiger partial charge is 0.493 e. The highest BCUT2D eigenvalue weighted by molar-refractivity contribution is 6.00. The summed E-state index contributed by atoms with van der Waals surface area (Å²) in [6.45, 7) is 0.535. The van der Waals surface area contributed by atoms with Gasteiger partial charge >= 0.3 is 0 Å². The zero-order valence-corrected chi connectivity index (χ0v) is 15.1. The molecule has 2 N–H and O–H groups in total. The van der Waals surface area contributed by atoms with Crippen molar-refractivity contribution in [2.75, 3.05) is 34.5 Å². The van der Waals surface area contributed by atoms with E-state index in [4.69, 9.17) is 29.4 Å². The molecule has 140 valence electrons. The van der Waals surface area contributed by atoms with Crippen LogP contribution in [0, 0.1) is 33.5 Å². The van der Waals surface area contributed by atoms with E-state index >= 15 is 0 Å². The molecular formula is C18H18N4O5. The third-order valence-electron chi connectivity index (χ3n) is 5.63. The molecule has 2 aliphatic heterocycles. The van der Waals surface area contributed by atoms with Gasteiger partial charge in [-0.15, -0.1) is 0 Å². The highest BCUT2D eigenvalue weighted by atomic mass is 16.8. The molecule has 1 spiro atoms. The molecule has 1 aromatic carbocycles. The van der Waals surface area contributed by atoms with Crippen molar-refractivity contribution in [3.8, 4) is 29.4 Å². The average Bonchev–Trinajstić information content (AvgIpc) is 2.95. The highest BCUT2D eigenvalue weighted by Crippen LogP contribution is 2.82. The van der Waals surface area contributed by atoms with Crippen molar-refractivity contribution >= 4 is 5.84 Å². The molecule has 0 radical (unpaired) electrons. The Morgan fingerprint density at radius 1 is 1.07 bits per heavy atom. The Labute approximate surface area is 155 Å². The summed E-state index contributed by atoms with van der Waals surface area (Å²) in [6, 6.07) is 7.86. The predicted molar refractivity (Wildman–Crippen MR) is 91.2 cm³/mol. The second-order valence-corrected chi connectivity index (χ2v) is 6.51. The van der Waals surface area contributed by atoms with Gasteiger partial charge in [0.05, 0.1) is 46.7 Å². The Kier molecular flexibility index (Phi) is 3.54. The van der Waals surface area contributed by atoms with Gasteiger partial charge in [-0.25, -0.2) is 4.99 Å². The number of hydrogen-bond acceptors (Lipinski definition) is 9. The molecule has 0 bridgehead atoms. The fourth-order valence-corrected chi connectivity index (χ4v) is 4.49. The van der Waals surface area contributed by atoms with Gasteiger partial charge in [0.25, 0.3) is 5.91 Å². The molecule has 0 amide bonds. The van der Waals surface area contributed by atoms with Gasteiger partial charge in [-0.05, 0) is 17.7 Å². The van der Waals surface area contributed by atoms with Crippen molar-refractivity contribution in [2.45, 2.75) is 11.8 Å². The van der Waals surface area contributed by atoms with E-state index in [1.165, 1.54) is 21.3 Å². The lowest BCUT2D eigenvalue weighted by molar-refractivity contribution is -0.184. The van der Waals surface area contributed by atoms with E-state index in [0.29, 0.717) is 22.8 Å². The Morgan fingerprint density at radius 3 is 2.11 bits per heavy atom. The van der Waals surface area contributed by atoms with Crippen LogP contribution in [0.25, 0.3) is 0 Å². The molecular weight excluding hydrogens is 352 g/mol. The number of nitriles is 2. The molecule has 1 aliphatic carbocycles. The highest BCUT2D eigenvalue weighted by Gasteiger charge is 2.94. The molecule has 0 aromatic heterocycles. The van der Waals surface area contributed by atoms with Crippen LogP contribution in [-0.2, 0) is 9.47 Å². The quantitative estimate of drug-likeness (QED) is 0.827. The third-order valence-corrected chi connectivity index (χ3v) is 5.63. The van der Waals surface area contributed by atoms with E-state index in [2.05, 4.69) is 17.1 Å². The van der Waals surface area contributed by atoms with Crippen LogP contribution < -0.4 is 19.9 Å². The number of nitrogens with zero attached hydrogens (tertiary/aromatic N) is 3. The molecule has 9 nitrogen and oxygen atoms in total. The molecule has 27 heavy (non-hydrogen) atoms.